The first kappa shape index (κ1) is 14.8. The Labute approximate surface area is 107 Å². The molecule has 3 heteroatoms. The van der Waals surface area contributed by atoms with Gasteiger partial charge in [0, 0.05) is 6.54 Å². The SMILES string of the molecule is C#CC(I)N(C=O)CCCCCCCC. The molecule has 1 unspecified atom stereocenters. The lowest BCUT2D eigenvalue weighted by molar-refractivity contribution is -0.117. The van der Waals surface area contributed by atoms with Gasteiger partial charge in [0.1, 0.15) is 4.05 Å². The maximum Gasteiger partial charge on any atom is 0.211 e. The number of carbonyl (C=O) groups excluding carboxylic acids is 1. The van der Waals surface area contributed by atoms with Crippen molar-refractivity contribution in [1.29, 1.82) is 0 Å². The summed E-state index contributed by atoms with van der Waals surface area (Å²) in [6.07, 6.45) is 13.5. The van der Waals surface area contributed by atoms with E-state index in [1.165, 1.54) is 32.1 Å². The van der Waals surface area contributed by atoms with Crippen LogP contribution in [0.25, 0.3) is 0 Å². The van der Waals surface area contributed by atoms with E-state index in [9.17, 15) is 4.79 Å². The number of hydrogen-bond donors (Lipinski definition) is 0. The lowest BCUT2D eigenvalue weighted by Crippen LogP contribution is -2.29. The Morgan fingerprint density at radius 3 is 2.47 bits per heavy atom. The first-order valence-corrected chi connectivity index (χ1v) is 6.82. The van der Waals surface area contributed by atoms with Crippen LogP contribution >= 0.6 is 22.6 Å². The van der Waals surface area contributed by atoms with Crippen molar-refractivity contribution in [2.45, 2.75) is 49.5 Å². The van der Waals surface area contributed by atoms with Crippen LogP contribution in [-0.4, -0.2) is 21.9 Å². The van der Waals surface area contributed by atoms with E-state index >= 15 is 0 Å². The zero-order chi connectivity index (χ0) is 11.5. The average molecular weight is 321 g/mol. The van der Waals surface area contributed by atoms with Crippen molar-refractivity contribution < 1.29 is 4.79 Å². The fourth-order valence-electron chi connectivity index (χ4n) is 1.39. The van der Waals surface area contributed by atoms with Crippen molar-refractivity contribution in [2.24, 2.45) is 0 Å². The van der Waals surface area contributed by atoms with Crippen LogP contribution in [0.2, 0.25) is 0 Å². The Morgan fingerprint density at radius 1 is 1.33 bits per heavy atom. The molecule has 0 N–H and O–H groups in total. The van der Waals surface area contributed by atoms with E-state index in [1.54, 1.807) is 4.90 Å². The van der Waals surface area contributed by atoms with Gasteiger partial charge in [0.25, 0.3) is 0 Å². The smallest absolute Gasteiger partial charge is 0.211 e. The van der Waals surface area contributed by atoms with Crippen LogP contribution in [0.15, 0.2) is 0 Å². The molecule has 1 amide bonds. The van der Waals surface area contributed by atoms with Gasteiger partial charge in [-0.25, -0.2) is 0 Å². The maximum absolute atomic E-state index is 10.7. The van der Waals surface area contributed by atoms with Gasteiger partial charge in [-0.15, -0.1) is 6.42 Å². The van der Waals surface area contributed by atoms with Crippen molar-refractivity contribution in [3.63, 3.8) is 0 Å². The molecular weight excluding hydrogens is 301 g/mol. The number of terminal acetylenes is 1. The van der Waals surface area contributed by atoms with Gasteiger partial charge < -0.3 is 4.90 Å². The summed E-state index contributed by atoms with van der Waals surface area (Å²) in [6, 6.07) is 0. The summed E-state index contributed by atoms with van der Waals surface area (Å²) in [5, 5.41) is 0. The van der Waals surface area contributed by atoms with Crippen molar-refractivity contribution >= 4 is 29.0 Å². The molecule has 0 spiro atoms. The molecule has 0 saturated carbocycles. The van der Waals surface area contributed by atoms with Crippen LogP contribution in [0.1, 0.15) is 45.4 Å². The first-order valence-electron chi connectivity index (χ1n) is 5.57. The lowest BCUT2D eigenvalue weighted by atomic mass is 10.1. The third-order valence-corrected chi connectivity index (χ3v) is 3.41. The predicted molar refractivity (Wildman–Crippen MR) is 72.8 cm³/mol. The molecule has 0 aliphatic heterocycles. The highest BCUT2D eigenvalue weighted by Gasteiger charge is 2.08. The summed E-state index contributed by atoms with van der Waals surface area (Å²) in [5.74, 6) is 2.56. The summed E-state index contributed by atoms with van der Waals surface area (Å²) in [5.41, 5.74) is 0. The molecule has 0 rings (SSSR count). The quantitative estimate of drug-likeness (QED) is 0.159. The lowest BCUT2D eigenvalue weighted by Gasteiger charge is -2.19. The first-order chi connectivity index (χ1) is 7.26. The standard InChI is InChI=1S/C12H20INO/c1-3-5-6-7-8-9-10-14(11-15)12(13)4-2/h2,11-12H,3,5-10H2,1H3. The fraction of sp³-hybridized carbons (Fsp3) is 0.750. The topological polar surface area (TPSA) is 20.3 Å². The predicted octanol–water partition coefficient (Wildman–Crippen LogP) is 3.20. The minimum Gasteiger partial charge on any atom is -0.323 e. The average Bonchev–Trinajstić information content (AvgIpc) is 2.27. The molecular formula is C12H20INO. The molecule has 1 atom stereocenters. The zero-order valence-corrected chi connectivity index (χ0v) is 11.6. The molecule has 15 heavy (non-hydrogen) atoms. The Balaban J connectivity index is 3.48. The highest BCUT2D eigenvalue weighted by atomic mass is 127. The van der Waals surface area contributed by atoms with Crippen molar-refractivity contribution in [3.05, 3.63) is 0 Å². The molecule has 86 valence electrons. The zero-order valence-electron chi connectivity index (χ0n) is 9.42. The molecule has 0 aromatic heterocycles. The van der Waals surface area contributed by atoms with Crippen LogP contribution in [0.5, 0.6) is 0 Å². The van der Waals surface area contributed by atoms with E-state index < -0.39 is 0 Å². The van der Waals surface area contributed by atoms with Crippen LogP contribution in [0, 0.1) is 12.3 Å². The number of hydrogen-bond acceptors (Lipinski definition) is 1. The molecule has 0 aliphatic rings. The highest BCUT2D eigenvalue weighted by Crippen LogP contribution is 2.09. The normalized spacial score (nSPS) is 11.8. The van der Waals surface area contributed by atoms with Crippen LogP contribution < -0.4 is 0 Å². The molecule has 0 fully saturated rings. The van der Waals surface area contributed by atoms with Gasteiger partial charge in [-0.1, -0.05) is 44.9 Å². The maximum atomic E-state index is 10.7. The van der Waals surface area contributed by atoms with Gasteiger partial charge in [0.15, 0.2) is 0 Å². The number of halogens is 1. The van der Waals surface area contributed by atoms with Crippen molar-refractivity contribution in [1.82, 2.24) is 4.90 Å². The minimum absolute atomic E-state index is 0.101. The minimum atomic E-state index is -0.101. The number of unbranched alkanes of at least 4 members (excludes halogenated alkanes) is 5. The molecule has 0 saturated heterocycles. The van der Waals surface area contributed by atoms with E-state index in [2.05, 4.69) is 35.4 Å². The summed E-state index contributed by atoms with van der Waals surface area (Å²) in [4.78, 5) is 12.4. The number of nitrogens with zero attached hydrogens (tertiary/aromatic N) is 1. The van der Waals surface area contributed by atoms with E-state index in [0.717, 1.165) is 19.4 Å². The molecule has 0 radical (unpaired) electrons. The second kappa shape index (κ2) is 10.3. The van der Waals surface area contributed by atoms with E-state index in [-0.39, 0.29) is 4.05 Å². The Morgan fingerprint density at radius 2 is 1.93 bits per heavy atom. The van der Waals surface area contributed by atoms with Gasteiger partial charge in [-0.2, -0.15) is 0 Å². The van der Waals surface area contributed by atoms with Gasteiger partial charge in [-0.05, 0) is 29.0 Å². The van der Waals surface area contributed by atoms with Gasteiger partial charge in [0.2, 0.25) is 6.41 Å². The third-order valence-electron chi connectivity index (χ3n) is 2.33. The van der Waals surface area contributed by atoms with E-state index in [4.69, 9.17) is 6.42 Å². The molecule has 0 aromatic rings. The van der Waals surface area contributed by atoms with Crippen LogP contribution in [0.4, 0.5) is 0 Å². The number of rotatable bonds is 9. The van der Waals surface area contributed by atoms with Gasteiger partial charge in [0.05, 0.1) is 0 Å². The highest BCUT2D eigenvalue weighted by molar-refractivity contribution is 14.1. The monoisotopic (exact) mass is 321 g/mol. The van der Waals surface area contributed by atoms with Crippen molar-refractivity contribution in [3.8, 4) is 12.3 Å². The number of carbonyl (C=O) groups is 1. The van der Waals surface area contributed by atoms with Crippen molar-refractivity contribution in [2.75, 3.05) is 6.54 Å². The summed E-state index contributed by atoms with van der Waals surface area (Å²) in [6.45, 7) is 3.00. The third kappa shape index (κ3) is 7.66. The summed E-state index contributed by atoms with van der Waals surface area (Å²) < 4.78 is -0.101. The molecule has 0 heterocycles. The van der Waals surface area contributed by atoms with Gasteiger partial charge in [-0.3, -0.25) is 4.79 Å². The number of amides is 1. The van der Waals surface area contributed by atoms with E-state index in [0.29, 0.717) is 0 Å². The van der Waals surface area contributed by atoms with Crippen LogP contribution in [0.3, 0.4) is 0 Å². The second-order valence-corrected chi connectivity index (χ2v) is 4.79. The Bertz CT molecular complexity index is 200. The van der Waals surface area contributed by atoms with Crippen LogP contribution in [-0.2, 0) is 4.79 Å². The summed E-state index contributed by atoms with van der Waals surface area (Å²) in [7, 11) is 0. The fourth-order valence-corrected chi connectivity index (χ4v) is 1.80. The van der Waals surface area contributed by atoms with E-state index in [1.807, 2.05) is 0 Å². The second-order valence-electron chi connectivity index (χ2n) is 3.61. The molecule has 2 nitrogen and oxygen atoms in total. The van der Waals surface area contributed by atoms with Gasteiger partial charge >= 0.3 is 0 Å². The Kier molecular flexibility index (Phi) is 10.1. The molecule has 0 aliphatic carbocycles. The summed E-state index contributed by atoms with van der Waals surface area (Å²) >= 11 is 2.10. The molecule has 0 bridgehead atoms. The largest absolute Gasteiger partial charge is 0.323 e. The Hall–Kier alpha value is -0.240. The molecule has 0 aromatic carbocycles. The number of alkyl halides is 1.